The van der Waals surface area contributed by atoms with Crippen LogP contribution >= 0.6 is 0 Å². The minimum atomic E-state index is -0.307. The number of hydrogen-bond acceptors (Lipinski definition) is 3. The summed E-state index contributed by atoms with van der Waals surface area (Å²) in [5.74, 6) is 0. The van der Waals surface area contributed by atoms with E-state index in [-0.39, 0.29) is 18.3 Å². The quantitative estimate of drug-likeness (QED) is 0.714. The van der Waals surface area contributed by atoms with Crippen LogP contribution in [0.5, 0.6) is 0 Å². The maximum atomic E-state index is 6.16. The monoisotopic (exact) mass is 377 g/mol. The Bertz CT molecular complexity index is 792. The van der Waals surface area contributed by atoms with Gasteiger partial charge in [-0.1, -0.05) is 48.5 Å². The summed E-state index contributed by atoms with van der Waals surface area (Å²) in [6, 6.07) is 18.1. The van der Waals surface area contributed by atoms with Crippen molar-refractivity contribution < 1.29 is 9.31 Å². The smallest absolute Gasteiger partial charge is 0.399 e. The van der Waals surface area contributed by atoms with E-state index >= 15 is 0 Å². The molecular weight excluding hydrogens is 345 g/mol. The van der Waals surface area contributed by atoms with Crippen LogP contribution in [-0.2, 0) is 9.31 Å². The Balaban J connectivity index is 1.47. The highest BCUT2D eigenvalue weighted by atomic mass is 16.7. The van der Waals surface area contributed by atoms with E-state index in [1.54, 1.807) is 0 Å². The maximum absolute atomic E-state index is 6.16. The van der Waals surface area contributed by atoms with Crippen molar-refractivity contribution in [3.05, 3.63) is 54.1 Å². The molecule has 0 bridgehead atoms. The van der Waals surface area contributed by atoms with Crippen molar-refractivity contribution in [2.75, 3.05) is 13.1 Å². The normalized spacial score (nSPS) is 22.5. The molecule has 1 atom stereocenters. The molecule has 0 aromatic heterocycles. The van der Waals surface area contributed by atoms with Crippen molar-refractivity contribution in [1.82, 2.24) is 4.90 Å². The van der Waals surface area contributed by atoms with Crippen molar-refractivity contribution in [3.63, 3.8) is 0 Å². The van der Waals surface area contributed by atoms with Crippen LogP contribution in [0.2, 0.25) is 0 Å². The second kappa shape index (κ2) is 7.33. The zero-order valence-corrected chi connectivity index (χ0v) is 17.9. The van der Waals surface area contributed by atoms with Crippen molar-refractivity contribution >= 4 is 12.6 Å². The number of likely N-dealkylation sites (tertiary alicyclic amines) is 1. The van der Waals surface area contributed by atoms with Crippen LogP contribution in [-0.4, -0.2) is 36.3 Å². The van der Waals surface area contributed by atoms with Gasteiger partial charge in [0.05, 0.1) is 11.2 Å². The zero-order valence-electron chi connectivity index (χ0n) is 17.9. The lowest BCUT2D eigenvalue weighted by atomic mass is 9.78. The Morgan fingerprint density at radius 2 is 1.25 bits per heavy atom. The number of nitrogens with zero attached hydrogens (tertiary/aromatic N) is 1. The topological polar surface area (TPSA) is 21.7 Å². The summed E-state index contributed by atoms with van der Waals surface area (Å²) in [6.45, 7) is 13.1. The van der Waals surface area contributed by atoms with Crippen LogP contribution in [0, 0.1) is 0 Å². The molecular formula is C24H32BNO2. The van der Waals surface area contributed by atoms with Crippen molar-refractivity contribution in [3.8, 4) is 11.1 Å². The lowest BCUT2D eigenvalue weighted by Crippen LogP contribution is -2.41. The summed E-state index contributed by atoms with van der Waals surface area (Å²) in [4.78, 5) is 2.58. The molecule has 0 amide bonds. The highest BCUT2D eigenvalue weighted by molar-refractivity contribution is 6.62. The molecule has 0 spiro atoms. The molecule has 3 nitrogen and oxygen atoms in total. The zero-order chi connectivity index (χ0) is 19.9. The van der Waals surface area contributed by atoms with E-state index in [2.05, 4.69) is 88.0 Å². The molecule has 0 radical (unpaired) electrons. The van der Waals surface area contributed by atoms with Crippen LogP contribution < -0.4 is 5.46 Å². The number of benzene rings is 2. The fourth-order valence-corrected chi connectivity index (χ4v) is 4.11. The summed E-state index contributed by atoms with van der Waals surface area (Å²) in [5.41, 5.74) is 4.33. The predicted molar refractivity (Wildman–Crippen MR) is 117 cm³/mol. The average Bonchev–Trinajstić information content (AvgIpc) is 3.28. The third kappa shape index (κ3) is 3.66. The largest absolute Gasteiger partial charge is 0.494 e. The first-order chi connectivity index (χ1) is 13.3. The molecule has 2 aromatic carbocycles. The summed E-state index contributed by atoms with van der Waals surface area (Å²) in [5, 5.41) is 0. The first-order valence-electron chi connectivity index (χ1n) is 10.6. The Morgan fingerprint density at radius 1 is 0.786 bits per heavy atom. The van der Waals surface area contributed by atoms with Crippen LogP contribution in [0.3, 0.4) is 0 Å². The van der Waals surface area contributed by atoms with Crippen LogP contribution in [0.25, 0.3) is 11.1 Å². The minimum Gasteiger partial charge on any atom is -0.399 e. The maximum Gasteiger partial charge on any atom is 0.494 e. The van der Waals surface area contributed by atoms with Gasteiger partial charge in [-0.15, -0.1) is 0 Å². The molecule has 4 heteroatoms. The van der Waals surface area contributed by atoms with E-state index in [1.165, 1.54) is 42.6 Å². The molecule has 2 saturated heterocycles. The summed E-state index contributed by atoms with van der Waals surface area (Å²) in [6.07, 6.45) is 2.66. The van der Waals surface area contributed by atoms with Gasteiger partial charge in [0.25, 0.3) is 0 Å². The second-order valence-corrected chi connectivity index (χ2v) is 9.25. The standard InChI is InChI=1S/C24H32BNO2/c1-18(26-16-6-7-17-26)19-8-10-20(11-9-19)21-12-14-22(15-13-21)25-27-23(2,3)24(4,5)28-25/h8-15,18H,6-7,16-17H2,1-5H3/t18-/m1/s1. The van der Waals surface area contributed by atoms with Gasteiger partial charge in [-0.25, -0.2) is 0 Å². The van der Waals surface area contributed by atoms with E-state index in [9.17, 15) is 0 Å². The number of rotatable bonds is 4. The van der Waals surface area contributed by atoms with E-state index in [1.807, 2.05) is 0 Å². The predicted octanol–water partition coefficient (Wildman–Crippen LogP) is 4.81. The van der Waals surface area contributed by atoms with E-state index < -0.39 is 0 Å². The Hall–Kier alpha value is -1.62. The molecule has 0 N–H and O–H groups in total. The van der Waals surface area contributed by atoms with Gasteiger partial charge in [-0.05, 0) is 82.7 Å². The van der Waals surface area contributed by atoms with Gasteiger partial charge in [-0.2, -0.15) is 0 Å². The molecule has 0 aliphatic carbocycles. The Morgan fingerprint density at radius 3 is 1.75 bits per heavy atom. The first-order valence-corrected chi connectivity index (χ1v) is 10.6. The van der Waals surface area contributed by atoms with Gasteiger partial charge in [0.2, 0.25) is 0 Å². The van der Waals surface area contributed by atoms with Gasteiger partial charge in [0, 0.05) is 6.04 Å². The molecule has 0 unspecified atom stereocenters. The van der Waals surface area contributed by atoms with Crippen LogP contribution in [0.4, 0.5) is 0 Å². The Labute approximate surface area is 170 Å². The SMILES string of the molecule is C[C@H](c1ccc(-c2ccc(B3OC(C)(C)C(C)(C)O3)cc2)cc1)N1CCCC1. The molecule has 2 aromatic rings. The van der Waals surface area contributed by atoms with E-state index in [4.69, 9.17) is 9.31 Å². The van der Waals surface area contributed by atoms with Gasteiger partial charge in [0.15, 0.2) is 0 Å². The molecule has 148 valence electrons. The lowest BCUT2D eigenvalue weighted by Gasteiger charge is -2.32. The Kier molecular flexibility index (Phi) is 5.15. The van der Waals surface area contributed by atoms with Crippen LogP contribution in [0.1, 0.15) is 59.1 Å². The molecule has 2 fully saturated rings. The van der Waals surface area contributed by atoms with E-state index in [0.717, 1.165) is 5.46 Å². The fraction of sp³-hybridized carbons (Fsp3) is 0.500. The minimum absolute atomic E-state index is 0.303. The van der Waals surface area contributed by atoms with Crippen molar-refractivity contribution in [1.29, 1.82) is 0 Å². The third-order valence-electron chi connectivity index (χ3n) is 6.85. The summed E-state index contributed by atoms with van der Waals surface area (Å²) in [7, 11) is -0.303. The molecule has 2 aliphatic rings. The summed E-state index contributed by atoms with van der Waals surface area (Å²) < 4.78 is 12.3. The van der Waals surface area contributed by atoms with Gasteiger partial charge in [-0.3, -0.25) is 4.90 Å². The van der Waals surface area contributed by atoms with E-state index in [0.29, 0.717) is 6.04 Å². The lowest BCUT2D eigenvalue weighted by molar-refractivity contribution is 0.00578. The van der Waals surface area contributed by atoms with Crippen LogP contribution in [0.15, 0.2) is 48.5 Å². The molecule has 28 heavy (non-hydrogen) atoms. The highest BCUT2D eigenvalue weighted by Gasteiger charge is 2.51. The third-order valence-corrected chi connectivity index (χ3v) is 6.85. The number of hydrogen-bond donors (Lipinski definition) is 0. The van der Waals surface area contributed by atoms with Gasteiger partial charge >= 0.3 is 7.12 Å². The molecule has 0 saturated carbocycles. The first kappa shape index (κ1) is 19.7. The highest BCUT2D eigenvalue weighted by Crippen LogP contribution is 2.36. The van der Waals surface area contributed by atoms with Crippen molar-refractivity contribution in [2.24, 2.45) is 0 Å². The fourth-order valence-electron chi connectivity index (χ4n) is 4.11. The van der Waals surface area contributed by atoms with Gasteiger partial charge in [0.1, 0.15) is 0 Å². The average molecular weight is 377 g/mol. The van der Waals surface area contributed by atoms with Crippen molar-refractivity contribution in [2.45, 2.75) is 64.7 Å². The molecule has 4 rings (SSSR count). The molecule has 2 heterocycles. The second-order valence-electron chi connectivity index (χ2n) is 9.25. The molecule has 2 aliphatic heterocycles. The summed E-state index contributed by atoms with van der Waals surface area (Å²) >= 11 is 0. The van der Waals surface area contributed by atoms with Gasteiger partial charge < -0.3 is 9.31 Å².